The van der Waals surface area contributed by atoms with Crippen LogP contribution in [0.25, 0.3) is 11.4 Å². The molecule has 26 heavy (non-hydrogen) atoms. The second-order valence-electron chi connectivity index (χ2n) is 5.95. The molecule has 0 saturated heterocycles. The van der Waals surface area contributed by atoms with Crippen molar-refractivity contribution in [1.82, 2.24) is 20.3 Å². The average Bonchev–Trinajstić information content (AvgIpc) is 2.61. The molecule has 8 nitrogen and oxygen atoms in total. The highest BCUT2D eigenvalue weighted by atomic mass is 16.4. The molecule has 0 spiro atoms. The zero-order valence-corrected chi connectivity index (χ0v) is 14.6. The first-order chi connectivity index (χ1) is 12.5. The van der Waals surface area contributed by atoms with Crippen LogP contribution in [-0.2, 0) is 16.0 Å². The van der Waals surface area contributed by atoms with Gasteiger partial charge in [0, 0.05) is 42.2 Å². The van der Waals surface area contributed by atoms with Crippen molar-refractivity contribution in [1.29, 1.82) is 0 Å². The summed E-state index contributed by atoms with van der Waals surface area (Å²) in [6.07, 6.45) is 5.35. The Bertz CT molecular complexity index is 818. The summed E-state index contributed by atoms with van der Waals surface area (Å²) in [6.45, 7) is 2.15. The van der Waals surface area contributed by atoms with E-state index in [1.165, 1.54) is 0 Å². The van der Waals surface area contributed by atoms with Gasteiger partial charge in [-0.2, -0.15) is 0 Å². The number of pyridine rings is 1. The summed E-state index contributed by atoms with van der Waals surface area (Å²) in [6, 6.07) is 3.55. The Hall–Kier alpha value is -3.03. The van der Waals surface area contributed by atoms with E-state index in [-0.39, 0.29) is 24.3 Å². The van der Waals surface area contributed by atoms with E-state index in [2.05, 4.69) is 20.3 Å². The van der Waals surface area contributed by atoms with Gasteiger partial charge in [0.05, 0.1) is 6.42 Å². The van der Waals surface area contributed by atoms with Crippen molar-refractivity contribution in [3.63, 3.8) is 0 Å². The summed E-state index contributed by atoms with van der Waals surface area (Å²) in [5, 5.41) is 11.3. The molecule has 0 aromatic carbocycles. The number of aliphatic carboxylic acids is 1. The van der Waals surface area contributed by atoms with Crippen LogP contribution in [0.15, 0.2) is 29.3 Å². The Kier molecular flexibility index (Phi) is 7.02. The maximum Gasteiger partial charge on any atom is 0.303 e. The van der Waals surface area contributed by atoms with E-state index < -0.39 is 5.97 Å². The minimum Gasteiger partial charge on any atom is -0.481 e. The number of aromatic nitrogens is 3. The number of amides is 1. The van der Waals surface area contributed by atoms with Crippen molar-refractivity contribution in [3.05, 3.63) is 46.1 Å². The van der Waals surface area contributed by atoms with Crippen LogP contribution in [0.2, 0.25) is 0 Å². The third-order valence-electron chi connectivity index (χ3n) is 3.88. The molecule has 2 heterocycles. The first-order valence-corrected chi connectivity index (χ1v) is 8.46. The molecule has 2 aromatic rings. The van der Waals surface area contributed by atoms with Crippen LogP contribution in [-0.4, -0.2) is 38.5 Å². The quantitative estimate of drug-likeness (QED) is 0.583. The number of aromatic amines is 1. The molecule has 1 amide bonds. The molecule has 3 N–H and O–H groups in total. The number of rotatable bonds is 9. The van der Waals surface area contributed by atoms with Gasteiger partial charge in [0.25, 0.3) is 5.56 Å². The van der Waals surface area contributed by atoms with E-state index in [4.69, 9.17) is 5.11 Å². The number of unbranched alkanes of at least 4 members (excludes halogenated alkanes) is 2. The monoisotopic (exact) mass is 358 g/mol. The minimum absolute atomic E-state index is 0.0450. The standard InChI is InChI=1S/C18H22N4O4/c1-12-14(10-15(23)20-9-4-2-3-7-16(24)25)18(26)22-17(21-12)13-6-5-8-19-11-13/h5-6,8,11H,2-4,7,9-10H2,1H3,(H,20,23)(H,24,25)(H,21,22,26). The summed E-state index contributed by atoms with van der Waals surface area (Å²) in [5.74, 6) is -0.651. The Morgan fingerprint density at radius 1 is 1.27 bits per heavy atom. The SMILES string of the molecule is Cc1nc(-c2cccnc2)[nH]c(=O)c1CC(=O)NCCCCCC(=O)O. The van der Waals surface area contributed by atoms with E-state index in [1.807, 2.05) is 0 Å². The number of nitrogens with zero attached hydrogens (tertiary/aromatic N) is 2. The van der Waals surface area contributed by atoms with Crippen LogP contribution in [0, 0.1) is 6.92 Å². The average molecular weight is 358 g/mol. The second-order valence-corrected chi connectivity index (χ2v) is 5.95. The summed E-state index contributed by atoms with van der Waals surface area (Å²) >= 11 is 0. The van der Waals surface area contributed by atoms with Gasteiger partial charge in [0.15, 0.2) is 0 Å². The lowest BCUT2D eigenvalue weighted by molar-refractivity contribution is -0.137. The van der Waals surface area contributed by atoms with Crippen LogP contribution in [0.5, 0.6) is 0 Å². The second kappa shape index (κ2) is 9.45. The van der Waals surface area contributed by atoms with Crippen LogP contribution in [0.3, 0.4) is 0 Å². The normalized spacial score (nSPS) is 10.5. The fourth-order valence-electron chi connectivity index (χ4n) is 2.49. The summed E-state index contributed by atoms with van der Waals surface area (Å²) in [7, 11) is 0. The molecule has 0 unspecified atom stereocenters. The predicted octanol–water partition coefficient (Wildman–Crippen LogP) is 1.44. The van der Waals surface area contributed by atoms with Gasteiger partial charge in [0.2, 0.25) is 5.91 Å². The largest absolute Gasteiger partial charge is 0.481 e. The molecule has 2 aromatic heterocycles. The predicted molar refractivity (Wildman–Crippen MR) is 95.6 cm³/mol. The molecule has 0 fully saturated rings. The number of carbonyl (C=O) groups is 2. The van der Waals surface area contributed by atoms with Crippen molar-refractivity contribution in [3.8, 4) is 11.4 Å². The highest BCUT2D eigenvalue weighted by Crippen LogP contribution is 2.12. The van der Waals surface area contributed by atoms with Gasteiger partial charge in [-0.15, -0.1) is 0 Å². The number of hydrogen-bond acceptors (Lipinski definition) is 5. The first-order valence-electron chi connectivity index (χ1n) is 8.46. The number of hydrogen-bond donors (Lipinski definition) is 3. The number of aryl methyl sites for hydroxylation is 1. The van der Waals surface area contributed by atoms with Gasteiger partial charge in [-0.25, -0.2) is 4.98 Å². The van der Waals surface area contributed by atoms with Crippen molar-refractivity contribution in [2.45, 2.75) is 39.0 Å². The van der Waals surface area contributed by atoms with Gasteiger partial charge in [-0.05, 0) is 31.9 Å². The molecule has 0 bridgehead atoms. The van der Waals surface area contributed by atoms with Crippen molar-refractivity contribution < 1.29 is 14.7 Å². The third-order valence-corrected chi connectivity index (χ3v) is 3.88. The highest BCUT2D eigenvalue weighted by molar-refractivity contribution is 5.78. The van der Waals surface area contributed by atoms with Crippen molar-refractivity contribution in [2.24, 2.45) is 0 Å². The molecule has 0 aliphatic carbocycles. The fraction of sp³-hybridized carbons (Fsp3) is 0.389. The van der Waals surface area contributed by atoms with E-state index in [9.17, 15) is 14.4 Å². The summed E-state index contributed by atoms with van der Waals surface area (Å²) in [5.41, 5.74) is 1.20. The molecule has 0 radical (unpaired) electrons. The Morgan fingerprint density at radius 3 is 2.73 bits per heavy atom. The number of carbonyl (C=O) groups excluding carboxylic acids is 1. The maximum atomic E-state index is 12.3. The Labute approximate surface area is 150 Å². The molecule has 8 heteroatoms. The fourth-order valence-corrected chi connectivity index (χ4v) is 2.49. The smallest absolute Gasteiger partial charge is 0.303 e. The molecule has 0 aliphatic heterocycles. The number of carboxylic acids is 1. The number of carboxylic acid groups (broad SMARTS) is 1. The molecule has 0 aliphatic rings. The Balaban J connectivity index is 1.90. The van der Waals surface area contributed by atoms with Gasteiger partial charge in [-0.1, -0.05) is 6.42 Å². The van der Waals surface area contributed by atoms with Gasteiger partial charge in [-0.3, -0.25) is 19.4 Å². The number of H-pyrrole nitrogens is 1. The van der Waals surface area contributed by atoms with E-state index in [0.717, 1.165) is 6.42 Å². The Morgan fingerprint density at radius 2 is 2.08 bits per heavy atom. The van der Waals surface area contributed by atoms with Gasteiger partial charge >= 0.3 is 5.97 Å². The molecule has 0 saturated carbocycles. The molecule has 2 rings (SSSR count). The van der Waals surface area contributed by atoms with Crippen molar-refractivity contribution >= 4 is 11.9 Å². The maximum absolute atomic E-state index is 12.3. The van der Waals surface area contributed by atoms with E-state index >= 15 is 0 Å². The topological polar surface area (TPSA) is 125 Å². The molecule has 138 valence electrons. The lowest BCUT2D eigenvalue weighted by Gasteiger charge is -2.08. The van der Waals surface area contributed by atoms with Crippen molar-refractivity contribution in [2.75, 3.05) is 6.54 Å². The third kappa shape index (κ3) is 5.80. The van der Waals surface area contributed by atoms with E-state index in [0.29, 0.717) is 42.0 Å². The number of nitrogens with one attached hydrogen (secondary N) is 2. The zero-order valence-electron chi connectivity index (χ0n) is 14.6. The van der Waals surface area contributed by atoms with Crippen LogP contribution in [0.1, 0.15) is 36.9 Å². The molecular weight excluding hydrogens is 336 g/mol. The van der Waals surface area contributed by atoms with Crippen LogP contribution < -0.4 is 10.9 Å². The van der Waals surface area contributed by atoms with Crippen LogP contribution in [0.4, 0.5) is 0 Å². The lowest BCUT2D eigenvalue weighted by Crippen LogP contribution is -2.29. The van der Waals surface area contributed by atoms with Gasteiger partial charge in [0.1, 0.15) is 5.82 Å². The van der Waals surface area contributed by atoms with Gasteiger partial charge < -0.3 is 15.4 Å². The van der Waals surface area contributed by atoms with Crippen LogP contribution >= 0.6 is 0 Å². The summed E-state index contributed by atoms with van der Waals surface area (Å²) < 4.78 is 0. The highest BCUT2D eigenvalue weighted by Gasteiger charge is 2.13. The lowest BCUT2D eigenvalue weighted by atomic mass is 10.1. The summed E-state index contributed by atoms with van der Waals surface area (Å²) in [4.78, 5) is 45.8. The first kappa shape index (κ1) is 19.3. The molecule has 0 atom stereocenters. The minimum atomic E-state index is -0.814. The van der Waals surface area contributed by atoms with E-state index in [1.54, 1.807) is 31.5 Å². The zero-order chi connectivity index (χ0) is 18.9. The molecular formula is C18H22N4O4.